The molecule has 0 bridgehead atoms. The number of nitrogens with one attached hydrogen (secondary N) is 1. The van der Waals surface area contributed by atoms with Crippen LogP contribution >= 0.6 is 0 Å². The highest BCUT2D eigenvalue weighted by atomic mass is 16.5. The molecule has 6 nitrogen and oxygen atoms in total. The molecule has 1 aromatic rings. The normalized spacial score (nSPS) is 15.4. The van der Waals surface area contributed by atoms with Gasteiger partial charge in [0, 0.05) is 13.7 Å². The molecule has 0 unspecified atom stereocenters. The smallest absolute Gasteiger partial charge is 0.236 e. The number of methoxy groups -OCH3 is 1. The molecular formula is C12H17N3O3. The van der Waals surface area contributed by atoms with E-state index in [4.69, 9.17) is 4.74 Å². The number of rotatable bonds is 4. The van der Waals surface area contributed by atoms with E-state index in [0.717, 1.165) is 0 Å². The molecule has 0 fully saturated rings. The van der Waals surface area contributed by atoms with Crippen molar-refractivity contribution in [2.24, 2.45) is 5.92 Å². The van der Waals surface area contributed by atoms with Gasteiger partial charge in [-0.2, -0.15) is 0 Å². The molecule has 0 spiro atoms. The van der Waals surface area contributed by atoms with Crippen LogP contribution in [0.2, 0.25) is 0 Å². The highest BCUT2D eigenvalue weighted by Crippen LogP contribution is 2.26. The number of nitrogens with zero attached hydrogens (tertiary/aromatic N) is 2. The number of aromatic amines is 1. The third-order valence-electron chi connectivity index (χ3n) is 2.71. The van der Waals surface area contributed by atoms with Crippen LogP contribution in [0.3, 0.4) is 0 Å². The molecule has 0 saturated heterocycles. The molecule has 1 N–H and O–H groups in total. The number of aromatic nitrogens is 2. The molecule has 0 atom stereocenters. The van der Waals surface area contributed by atoms with Crippen LogP contribution in [-0.4, -0.2) is 35.3 Å². The van der Waals surface area contributed by atoms with Gasteiger partial charge < -0.3 is 9.72 Å². The first-order valence-corrected chi connectivity index (χ1v) is 5.94. The van der Waals surface area contributed by atoms with E-state index in [2.05, 4.69) is 9.97 Å². The molecule has 0 radical (unpaired) electrons. The molecule has 1 aliphatic heterocycles. The first-order valence-electron chi connectivity index (χ1n) is 5.94. The highest BCUT2D eigenvalue weighted by molar-refractivity contribution is 6.18. The summed E-state index contributed by atoms with van der Waals surface area (Å²) in [5.74, 6) is 0.940. The summed E-state index contributed by atoms with van der Waals surface area (Å²) in [5.41, 5.74) is 0.419. The van der Waals surface area contributed by atoms with Gasteiger partial charge in [0.2, 0.25) is 5.91 Å². The van der Waals surface area contributed by atoms with Gasteiger partial charge in [-0.05, 0) is 5.92 Å². The minimum atomic E-state index is -0.204. The van der Waals surface area contributed by atoms with E-state index in [-0.39, 0.29) is 18.1 Å². The number of H-pyrrole nitrogens is 1. The summed E-state index contributed by atoms with van der Waals surface area (Å²) in [4.78, 5) is 32.5. The van der Waals surface area contributed by atoms with E-state index in [1.54, 1.807) is 12.0 Å². The standard InChI is InChI=1S/C12H17N3O3/c1-7(2)5-15-10(17)4-8(16)11-12(15)14-9(13-11)6-18-3/h7H,4-6H2,1-3H3,(H,13,14). The second-order valence-electron chi connectivity index (χ2n) is 4.81. The number of Topliss-reactive ketones (excluding diaryl/α,β-unsaturated/α-hetero) is 1. The van der Waals surface area contributed by atoms with Crippen molar-refractivity contribution in [3.05, 3.63) is 11.5 Å². The Balaban J connectivity index is 2.37. The minimum Gasteiger partial charge on any atom is -0.377 e. The molecule has 0 aliphatic carbocycles. The lowest BCUT2D eigenvalue weighted by atomic mass is 10.1. The number of carbonyl (C=O) groups is 2. The Bertz CT molecular complexity index is 479. The molecule has 0 aromatic carbocycles. The fourth-order valence-corrected chi connectivity index (χ4v) is 2.00. The summed E-state index contributed by atoms with van der Waals surface area (Å²) in [7, 11) is 1.56. The lowest BCUT2D eigenvalue weighted by molar-refractivity contribution is -0.118. The van der Waals surface area contributed by atoms with Gasteiger partial charge in [0.1, 0.15) is 18.1 Å². The van der Waals surface area contributed by atoms with Crippen molar-refractivity contribution in [1.82, 2.24) is 9.97 Å². The first kappa shape index (κ1) is 12.8. The maximum absolute atomic E-state index is 11.9. The Labute approximate surface area is 105 Å². The molecule has 2 rings (SSSR count). The van der Waals surface area contributed by atoms with Gasteiger partial charge in [0.05, 0.1) is 6.42 Å². The van der Waals surface area contributed by atoms with Gasteiger partial charge in [0.15, 0.2) is 11.6 Å². The molecule has 6 heteroatoms. The summed E-state index contributed by atoms with van der Waals surface area (Å²) in [5, 5.41) is 0. The van der Waals surface area contributed by atoms with Crippen LogP contribution < -0.4 is 4.90 Å². The van der Waals surface area contributed by atoms with Gasteiger partial charge >= 0.3 is 0 Å². The number of hydrogen-bond donors (Lipinski definition) is 1. The number of hydrogen-bond acceptors (Lipinski definition) is 4. The second-order valence-corrected chi connectivity index (χ2v) is 4.81. The Morgan fingerprint density at radius 3 is 2.78 bits per heavy atom. The van der Waals surface area contributed by atoms with Crippen molar-refractivity contribution in [1.29, 1.82) is 0 Å². The fraction of sp³-hybridized carbons (Fsp3) is 0.583. The highest BCUT2D eigenvalue weighted by Gasteiger charge is 2.33. The summed E-state index contributed by atoms with van der Waals surface area (Å²) in [6.07, 6.45) is -0.0890. The number of fused-ring (bicyclic) bond motifs is 1. The largest absolute Gasteiger partial charge is 0.377 e. The van der Waals surface area contributed by atoms with E-state index in [1.807, 2.05) is 13.8 Å². The van der Waals surface area contributed by atoms with Crippen molar-refractivity contribution in [2.45, 2.75) is 26.9 Å². The molecule has 1 aliphatic rings. The van der Waals surface area contributed by atoms with Crippen LogP contribution in [0, 0.1) is 5.92 Å². The van der Waals surface area contributed by atoms with Gasteiger partial charge in [-0.15, -0.1) is 0 Å². The van der Waals surface area contributed by atoms with Crippen molar-refractivity contribution in [3.8, 4) is 0 Å². The van der Waals surface area contributed by atoms with E-state index in [1.165, 1.54) is 0 Å². The maximum Gasteiger partial charge on any atom is 0.236 e. The third-order valence-corrected chi connectivity index (χ3v) is 2.71. The number of anilines is 1. The van der Waals surface area contributed by atoms with Gasteiger partial charge in [-0.1, -0.05) is 13.8 Å². The lowest BCUT2D eigenvalue weighted by Crippen LogP contribution is -2.40. The summed E-state index contributed by atoms with van der Waals surface area (Å²) < 4.78 is 4.98. The van der Waals surface area contributed by atoms with E-state index >= 15 is 0 Å². The Kier molecular flexibility index (Phi) is 3.47. The number of carbonyl (C=O) groups excluding carboxylic acids is 2. The minimum absolute atomic E-state index is 0.0890. The summed E-state index contributed by atoms with van der Waals surface area (Å²) >= 11 is 0. The number of ether oxygens (including phenoxy) is 1. The Morgan fingerprint density at radius 1 is 1.44 bits per heavy atom. The van der Waals surface area contributed by atoms with Crippen molar-refractivity contribution >= 4 is 17.5 Å². The number of amides is 1. The number of imidazole rings is 1. The van der Waals surface area contributed by atoms with Crippen LogP contribution in [0.15, 0.2) is 0 Å². The third kappa shape index (κ3) is 2.28. The van der Waals surface area contributed by atoms with Crippen molar-refractivity contribution in [2.75, 3.05) is 18.6 Å². The van der Waals surface area contributed by atoms with Gasteiger partial charge in [-0.25, -0.2) is 4.98 Å². The SMILES string of the molecule is COCc1nc2c([nH]1)C(=O)CC(=O)N2CC(C)C. The number of ketones is 1. The van der Waals surface area contributed by atoms with Crippen molar-refractivity contribution in [3.63, 3.8) is 0 Å². The van der Waals surface area contributed by atoms with Gasteiger partial charge in [0.25, 0.3) is 0 Å². The maximum atomic E-state index is 11.9. The average Bonchev–Trinajstić information content (AvgIpc) is 2.69. The van der Waals surface area contributed by atoms with Gasteiger partial charge in [-0.3, -0.25) is 14.5 Å². The molecule has 0 saturated carbocycles. The molecule has 1 aromatic heterocycles. The summed E-state index contributed by atoms with van der Waals surface area (Å²) in [6, 6.07) is 0. The quantitative estimate of drug-likeness (QED) is 0.814. The fourth-order valence-electron chi connectivity index (χ4n) is 2.00. The monoisotopic (exact) mass is 251 g/mol. The molecule has 98 valence electrons. The average molecular weight is 251 g/mol. The van der Waals surface area contributed by atoms with E-state index in [0.29, 0.717) is 36.4 Å². The van der Waals surface area contributed by atoms with Crippen LogP contribution in [0.25, 0.3) is 0 Å². The zero-order valence-corrected chi connectivity index (χ0v) is 10.8. The topological polar surface area (TPSA) is 75.3 Å². The van der Waals surface area contributed by atoms with Crippen LogP contribution in [0.5, 0.6) is 0 Å². The Hall–Kier alpha value is -1.69. The van der Waals surface area contributed by atoms with E-state index < -0.39 is 0 Å². The predicted octanol–water partition coefficient (Wildman–Crippen LogP) is 1.13. The zero-order valence-electron chi connectivity index (χ0n) is 10.8. The first-order chi connectivity index (χ1) is 8.52. The predicted molar refractivity (Wildman–Crippen MR) is 65.4 cm³/mol. The van der Waals surface area contributed by atoms with Crippen molar-refractivity contribution < 1.29 is 14.3 Å². The zero-order chi connectivity index (χ0) is 13.3. The summed E-state index contributed by atoms with van der Waals surface area (Å²) in [6.45, 7) is 4.90. The molecule has 1 amide bonds. The second kappa shape index (κ2) is 4.89. The van der Waals surface area contributed by atoms with Crippen LogP contribution in [0.4, 0.5) is 5.82 Å². The molecule has 18 heavy (non-hydrogen) atoms. The Morgan fingerprint density at radius 2 is 2.17 bits per heavy atom. The molecular weight excluding hydrogens is 234 g/mol. The van der Waals surface area contributed by atoms with E-state index in [9.17, 15) is 9.59 Å². The molecule has 2 heterocycles. The van der Waals surface area contributed by atoms with Crippen LogP contribution in [-0.2, 0) is 16.1 Å². The van der Waals surface area contributed by atoms with Crippen LogP contribution in [0.1, 0.15) is 36.6 Å². The lowest BCUT2D eigenvalue weighted by Gasteiger charge is -2.26.